The molecule has 1 atom stereocenters. The number of rotatable bonds is 6. The van der Waals surface area contributed by atoms with Crippen LogP contribution < -0.4 is 10.5 Å². The van der Waals surface area contributed by atoms with Crippen molar-refractivity contribution in [1.82, 2.24) is 4.90 Å². The highest BCUT2D eigenvalue weighted by atomic mass is 35.5. The van der Waals surface area contributed by atoms with Crippen LogP contribution >= 0.6 is 11.6 Å². The van der Waals surface area contributed by atoms with Crippen LogP contribution in [0.4, 0.5) is 5.69 Å². The summed E-state index contributed by atoms with van der Waals surface area (Å²) in [6, 6.07) is 5.32. The first kappa shape index (κ1) is 14.1. The number of hydrogen-bond acceptors (Lipinski definition) is 3. The number of halogens is 1. The van der Waals surface area contributed by atoms with E-state index in [1.807, 2.05) is 13.0 Å². The van der Waals surface area contributed by atoms with Crippen molar-refractivity contribution in [1.29, 1.82) is 0 Å². The van der Waals surface area contributed by atoms with E-state index in [-0.39, 0.29) is 6.10 Å². The second-order valence-corrected chi connectivity index (χ2v) is 4.51. The minimum Gasteiger partial charge on any atom is -0.488 e. The molecule has 1 aromatic rings. The molecule has 0 amide bonds. The number of ether oxygens (including phenoxy) is 1. The molecule has 96 valence electrons. The second-order valence-electron chi connectivity index (χ2n) is 4.10. The molecule has 17 heavy (non-hydrogen) atoms. The Morgan fingerprint density at radius 2 is 2.00 bits per heavy atom. The van der Waals surface area contributed by atoms with Crippen molar-refractivity contribution in [3.8, 4) is 5.75 Å². The molecular weight excluding hydrogens is 236 g/mol. The molecule has 1 aromatic carbocycles. The summed E-state index contributed by atoms with van der Waals surface area (Å²) in [5.74, 6) is 0.695. The van der Waals surface area contributed by atoms with E-state index in [2.05, 4.69) is 18.7 Å². The molecule has 2 N–H and O–H groups in total. The molecule has 0 aromatic heterocycles. The van der Waals surface area contributed by atoms with Gasteiger partial charge in [-0.25, -0.2) is 0 Å². The Hall–Kier alpha value is -0.930. The van der Waals surface area contributed by atoms with Crippen molar-refractivity contribution >= 4 is 17.3 Å². The molecule has 4 heteroatoms. The largest absolute Gasteiger partial charge is 0.488 e. The average Bonchev–Trinajstić information content (AvgIpc) is 2.29. The molecule has 0 aliphatic heterocycles. The van der Waals surface area contributed by atoms with Crippen molar-refractivity contribution < 1.29 is 4.74 Å². The molecule has 0 bridgehead atoms. The fourth-order valence-corrected chi connectivity index (χ4v) is 1.95. The Morgan fingerprint density at radius 3 is 2.53 bits per heavy atom. The third-order valence-electron chi connectivity index (χ3n) is 2.69. The first-order chi connectivity index (χ1) is 8.06. The molecule has 0 saturated heterocycles. The van der Waals surface area contributed by atoms with E-state index in [0.29, 0.717) is 16.5 Å². The van der Waals surface area contributed by atoms with E-state index in [9.17, 15) is 0 Å². The summed E-state index contributed by atoms with van der Waals surface area (Å²) in [5, 5.41) is 0.566. The molecule has 0 spiro atoms. The summed E-state index contributed by atoms with van der Waals surface area (Å²) in [4.78, 5) is 2.32. The summed E-state index contributed by atoms with van der Waals surface area (Å²) in [6.45, 7) is 9.29. The quantitative estimate of drug-likeness (QED) is 0.795. The zero-order chi connectivity index (χ0) is 12.8. The van der Waals surface area contributed by atoms with Crippen LogP contribution in [-0.2, 0) is 0 Å². The van der Waals surface area contributed by atoms with Crippen LogP contribution in [0.1, 0.15) is 20.8 Å². The van der Waals surface area contributed by atoms with Gasteiger partial charge in [0.25, 0.3) is 0 Å². The monoisotopic (exact) mass is 256 g/mol. The lowest BCUT2D eigenvalue weighted by molar-refractivity contribution is 0.153. The Morgan fingerprint density at radius 1 is 1.35 bits per heavy atom. The lowest BCUT2D eigenvalue weighted by Gasteiger charge is -2.23. The predicted molar refractivity (Wildman–Crippen MR) is 73.7 cm³/mol. The number of anilines is 1. The van der Waals surface area contributed by atoms with Gasteiger partial charge < -0.3 is 15.4 Å². The Balaban J connectivity index is 2.58. The number of benzene rings is 1. The van der Waals surface area contributed by atoms with Gasteiger partial charge in [-0.05, 0) is 38.2 Å². The number of likely N-dealkylation sites (N-methyl/N-ethyl adjacent to an activating group) is 1. The van der Waals surface area contributed by atoms with Crippen LogP contribution in [-0.4, -0.2) is 30.6 Å². The lowest BCUT2D eigenvalue weighted by atomic mass is 10.3. The van der Waals surface area contributed by atoms with E-state index in [0.717, 1.165) is 19.6 Å². The van der Waals surface area contributed by atoms with Gasteiger partial charge in [0.05, 0.1) is 5.02 Å². The molecule has 0 saturated carbocycles. The van der Waals surface area contributed by atoms with Gasteiger partial charge >= 0.3 is 0 Å². The first-order valence-electron chi connectivity index (χ1n) is 6.00. The van der Waals surface area contributed by atoms with Crippen molar-refractivity contribution in [2.24, 2.45) is 0 Å². The van der Waals surface area contributed by atoms with Gasteiger partial charge in [0.1, 0.15) is 11.9 Å². The summed E-state index contributed by atoms with van der Waals surface area (Å²) >= 11 is 6.06. The third kappa shape index (κ3) is 4.44. The SMILES string of the molecule is CCN(CC)CC(C)Oc1ccc(N)cc1Cl. The van der Waals surface area contributed by atoms with Gasteiger partial charge in [0.15, 0.2) is 0 Å². The van der Waals surface area contributed by atoms with Crippen LogP contribution in [0.2, 0.25) is 5.02 Å². The number of nitrogen functional groups attached to an aromatic ring is 1. The van der Waals surface area contributed by atoms with Gasteiger partial charge in [0, 0.05) is 12.2 Å². The van der Waals surface area contributed by atoms with E-state index >= 15 is 0 Å². The van der Waals surface area contributed by atoms with E-state index in [4.69, 9.17) is 22.1 Å². The number of hydrogen-bond donors (Lipinski definition) is 1. The van der Waals surface area contributed by atoms with Gasteiger partial charge in [-0.1, -0.05) is 25.4 Å². The van der Waals surface area contributed by atoms with Gasteiger partial charge in [0.2, 0.25) is 0 Å². The molecule has 0 aliphatic carbocycles. The molecule has 0 heterocycles. The molecule has 1 rings (SSSR count). The van der Waals surface area contributed by atoms with Crippen LogP contribution in [0.3, 0.4) is 0 Å². The zero-order valence-corrected chi connectivity index (χ0v) is 11.5. The fourth-order valence-electron chi connectivity index (χ4n) is 1.71. The predicted octanol–water partition coefficient (Wildman–Crippen LogP) is 3.03. The van der Waals surface area contributed by atoms with Gasteiger partial charge in [-0.3, -0.25) is 0 Å². The van der Waals surface area contributed by atoms with E-state index in [1.165, 1.54) is 0 Å². The second kappa shape index (κ2) is 6.72. The van der Waals surface area contributed by atoms with Crippen LogP contribution in [0.5, 0.6) is 5.75 Å². The highest BCUT2D eigenvalue weighted by molar-refractivity contribution is 6.32. The van der Waals surface area contributed by atoms with E-state index < -0.39 is 0 Å². The van der Waals surface area contributed by atoms with Crippen LogP contribution in [0.15, 0.2) is 18.2 Å². The van der Waals surface area contributed by atoms with Crippen molar-refractivity contribution in [2.75, 3.05) is 25.4 Å². The van der Waals surface area contributed by atoms with Gasteiger partial charge in [-0.15, -0.1) is 0 Å². The normalized spacial score (nSPS) is 12.8. The van der Waals surface area contributed by atoms with Crippen LogP contribution in [0.25, 0.3) is 0 Å². The van der Waals surface area contributed by atoms with Gasteiger partial charge in [-0.2, -0.15) is 0 Å². The van der Waals surface area contributed by atoms with E-state index in [1.54, 1.807) is 12.1 Å². The summed E-state index contributed by atoms with van der Waals surface area (Å²) < 4.78 is 5.81. The summed E-state index contributed by atoms with van der Waals surface area (Å²) in [5.41, 5.74) is 6.29. The fraction of sp³-hybridized carbons (Fsp3) is 0.538. The molecular formula is C13H21ClN2O. The highest BCUT2D eigenvalue weighted by Gasteiger charge is 2.10. The molecule has 0 radical (unpaired) electrons. The minimum absolute atomic E-state index is 0.107. The highest BCUT2D eigenvalue weighted by Crippen LogP contribution is 2.27. The molecule has 0 fully saturated rings. The lowest BCUT2D eigenvalue weighted by Crippen LogP contribution is -2.33. The zero-order valence-electron chi connectivity index (χ0n) is 10.7. The Labute approximate surface area is 109 Å². The molecule has 3 nitrogen and oxygen atoms in total. The maximum absolute atomic E-state index is 6.06. The molecule has 1 unspecified atom stereocenters. The van der Waals surface area contributed by atoms with Crippen molar-refractivity contribution in [3.05, 3.63) is 23.2 Å². The minimum atomic E-state index is 0.107. The van der Waals surface area contributed by atoms with Crippen LogP contribution in [0, 0.1) is 0 Å². The summed E-state index contributed by atoms with van der Waals surface area (Å²) in [7, 11) is 0. The number of nitrogens with two attached hydrogens (primary N) is 1. The topological polar surface area (TPSA) is 38.5 Å². The third-order valence-corrected chi connectivity index (χ3v) is 2.99. The Bertz CT molecular complexity index is 353. The summed E-state index contributed by atoms with van der Waals surface area (Å²) in [6.07, 6.45) is 0.107. The maximum Gasteiger partial charge on any atom is 0.138 e. The number of nitrogens with zero attached hydrogens (tertiary/aromatic N) is 1. The average molecular weight is 257 g/mol. The standard InChI is InChI=1S/C13H21ClN2O/c1-4-16(5-2)9-10(3)17-13-7-6-11(15)8-12(13)14/h6-8,10H,4-5,9,15H2,1-3H3. The van der Waals surface area contributed by atoms with Crippen molar-refractivity contribution in [2.45, 2.75) is 26.9 Å². The van der Waals surface area contributed by atoms with Crippen molar-refractivity contribution in [3.63, 3.8) is 0 Å². The smallest absolute Gasteiger partial charge is 0.138 e. The first-order valence-corrected chi connectivity index (χ1v) is 6.38. The Kier molecular flexibility index (Phi) is 5.59. The molecule has 0 aliphatic rings. The maximum atomic E-state index is 6.06.